The third-order valence-corrected chi connectivity index (χ3v) is 2.62. The van der Waals surface area contributed by atoms with Crippen LogP contribution in [0.15, 0.2) is 53.2 Å². The Morgan fingerprint density at radius 3 is 2.71 bits per heavy atom. The molecule has 6 heteroatoms. The average Bonchev–Trinajstić information content (AvgIpc) is 3.01. The molecule has 0 unspecified atom stereocenters. The van der Waals surface area contributed by atoms with Crippen LogP contribution in [-0.2, 0) is 4.79 Å². The van der Waals surface area contributed by atoms with Crippen molar-refractivity contribution in [2.24, 2.45) is 0 Å². The van der Waals surface area contributed by atoms with Crippen LogP contribution in [0, 0.1) is 0 Å². The number of nitrogens with zero attached hydrogens (tertiary/aromatic N) is 1. The van der Waals surface area contributed by atoms with Gasteiger partial charge in [-0.1, -0.05) is 12.2 Å². The highest BCUT2D eigenvalue weighted by atomic mass is 32.1. The Bertz CT molecular complexity index is 580. The summed E-state index contributed by atoms with van der Waals surface area (Å²) in [7, 11) is 1.56. The minimum atomic E-state index is 0.625. The van der Waals surface area contributed by atoms with Crippen LogP contribution in [0.3, 0.4) is 0 Å². The van der Waals surface area contributed by atoms with Crippen molar-refractivity contribution in [3.05, 3.63) is 59.9 Å². The number of nitrogens with one attached hydrogen (secondary N) is 2. The minimum absolute atomic E-state index is 0.625. The highest BCUT2D eigenvalue weighted by Crippen LogP contribution is 2.06. The summed E-state index contributed by atoms with van der Waals surface area (Å²) in [6.07, 6.45) is 9.36. The molecule has 0 aliphatic heterocycles. The zero-order valence-electron chi connectivity index (χ0n) is 11.9. The van der Waals surface area contributed by atoms with Crippen LogP contribution in [0.5, 0.6) is 0 Å². The number of furan rings is 1. The molecule has 2 aromatic rings. The van der Waals surface area contributed by atoms with Crippen molar-refractivity contribution in [3.8, 4) is 0 Å². The van der Waals surface area contributed by atoms with Gasteiger partial charge in [-0.3, -0.25) is 9.78 Å². The number of pyridine rings is 1. The summed E-state index contributed by atoms with van der Waals surface area (Å²) in [6, 6.07) is 5.67. The molecule has 21 heavy (non-hydrogen) atoms. The fraction of sp³-hybridized carbons (Fsp3) is 0.133. The molecule has 0 aliphatic rings. The fourth-order valence-corrected chi connectivity index (χ4v) is 1.67. The molecule has 2 heterocycles. The predicted molar refractivity (Wildman–Crippen MR) is 86.6 cm³/mol. The van der Waals surface area contributed by atoms with Crippen LogP contribution >= 0.6 is 12.2 Å². The molecule has 0 saturated heterocycles. The zero-order chi connectivity index (χ0) is 15.5. The molecule has 1 amide bonds. The van der Waals surface area contributed by atoms with Gasteiger partial charge in [-0.25, -0.2) is 0 Å². The van der Waals surface area contributed by atoms with Crippen LogP contribution in [0.25, 0.3) is 6.08 Å². The van der Waals surface area contributed by atoms with Gasteiger partial charge in [0.05, 0.1) is 12.5 Å². The van der Waals surface area contributed by atoms with Crippen LogP contribution in [0.2, 0.25) is 0 Å². The molecule has 2 N–H and O–H groups in total. The molecule has 2 aromatic heterocycles. The molecule has 0 fully saturated rings. The maximum atomic E-state index is 9.06. The first-order valence-corrected chi connectivity index (χ1v) is 6.61. The van der Waals surface area contributed by atoms with E-state index in [-0.39, 0.29) is 0 Å². The minimum Gasteiger partial charge on any atom is -0.472 e. The summed E-state index contributed by atoms with van der Waals surface area (Å²) < 4.78 is 4.99. The molecule has 0 saturated carbocycles. The second kappa shape index (κ2) is 9.44. The molecule has 5 nitrogen and oxygen atoms in total. The van der Waals surface area contributed by atoms with Crippen molar-refractivity contribution in [3.63, 3.8) is 0 Å². The molecule has 0 aliphatic carbocycles. The smallest absolute Gasteiger partial charge is 0.206 e. The summed E-state index contributed by atoms with van der Waals surface area (Å²) in [4.78, 5) is 13.8. The second-order valence-corrected chi connectivity index (χ2v) is 4.39. The summed E-state index contributed by atoms with van der Waals surface area (Å²) in [6.45, 7) is 1.95. The maximum Gasteiger partial charge on any atom is 0.206 e. The van der Waals surface area contributed by atoms with E-state index in [0.717, 1.165) is 16.8 Å². The highest BCUT2D eigenvalue weighted by Gasteiger charge is 2.00. The number of carbonyl (C=O) groups excluding carboxylic acids is 1. The van der Waals surface area contributed by atoms with E-state index in [2.05, 4.69) is 15.6 Å². The van der Waals surface area contributed by atoms with E-state index < -0.39 is 0 Å². The number of carbonyl (C=O) groups is 1. The van der Waals surface area contributed by atoms with Crippen LogP contribution in [-0.4, -0.2) is 23.4 Å². The van der Waals surface area contributed by atoms with Crippen molar-refractivity contribution in [2.45, 2.75) is 6.92 Å². The molecule has 0 bridgehead atoms. The molecule has 110 valence electrons. The number of hydrogen-bond donors (Lipinski definition) is 2. The van der Waals surface area contributed by atoms with Crippen LogP contribution in [0.4, 0.5) is 0 Å². The average molecular weight is 303 g/mol. The SMILES string of the molecule is C/C(=C\c1ccoc1)NC(=S)c1cccnc1.CNC=O. The van der Waals surface area contributed by atoms with Crippen LogP contribution < -0.4 is 10.6 Å². The van der Waals surface area contributed by atoms with Gasteiger partial charge in [-0.05, 0) is 31.2 Å². The molecule has 0 aromatic carbocycles. The quantitative estimate of drug-likeness (QED) is 0.670. The van der Waals surface area contributed by atoms with Gasteiger partial charge in [0.2, 0.25) is 6.41 Å². The van der Waals surface area contributed by atoms with Crippen molar-refractivity contribution >= 4 is 29.7 Å². The van der Waals surface area contributed by atoms with E-state index in [1.165, 1.54) is 0 Å². The lowest BCUT2D eigenvalue weighted by Crippen LogP contribution is -2.20. The van der Waals surface area contributed by atoms with E-state index in [0.29, 0.717) is 11.4 Å². The summed E-state index contributed by atoms with van der Waals surface area (Å²) >= 11 is 5.28. The van der Waals surface area contributed by atoms with Gasteiger partial charge in [0.1, 0.15) is 4.99 Å². The zero-order valence-corrected chi connectivity index (χ0v) is 12.7. The van der Waals surface area contributed by atoms with Gasteiger partial charge in [0, 0.05) is 36.3 Å². The van der Waals surface area contributed by atoms with Gasteiger partial charge >= 0.3 is 0 Å². The third kappa shape index (κ3) is 6.49. The molecule has 0 atom stereocenters. The largest absolute Gasteiger partial charge is 0.472 e. The van der Waals surface area contributed by atoms with Gasteiger partial charge in [-0.15, -0.1) is 0 Å². The number of thiocarbonyl (C=S) groups is 1. The number of amides is 1. The first kappa shape index (κ1) is 16.6. The molecule has 2 rings (SSSR count). The lowest BCUT2D eigenvalue weighted by atomic mass is 10.2. The maximum absolute atomic E-state index is 9.06. The van der Waals surface area contributed by atoms with Gasteiger partial charge in [0.15, 0.2) is 0 Å². The van der Waals surface area contributed by atoms with E-state index in [4.69, 9.17) is 21.4 Å². The number of hydrogen-bond acceptors (Lipinski definition) is 4. The van der Waals surface area contributed by atoms with E-state index in [9.17, 15) is 0 Å². The first-order valence-electron chi connectivity index (χ1n) is 6.20. The Morgan fingerprint density at radius 1 is 1.43 bits per heavy atom. The van der Waals surface area contributed by atoms with Gasteiger partial charge < -0.3 is 15.1 Å². The standard InChI is InChI=1S/C13H12N2OS.C2H5NO/c1-10(7-11-4-6-16-9-11)15-13(17)12-3-2-5-14-8-12;1-3-2-4/h2-9H,1H3,(H,15,17);2H,1H3,(H,3,4)/b10-7+;. The first-order chi connectivity index (χ1) is 10.2. The Labute approximate surface area is 129 Å². The normalized spacial score (nSPS) is 10.1. The molecular weight excluding hydrogens is 286 g/mol. The number of allylic oxidation sites excluding steroid dienone is 1. The van der Waals surface area contributed by atoms with E-state index >= 15 is 0 Å². The van der Waals surface area contributed by atoms with E-state index in [1.807, 2.05) is 31.2 Å². The highest BCUT2D eigenvalue weighted by molar-refractivity contribution is 7.80. The van der Waals surface area contributed by atoms with Crippen molar-refractivity contribution in [2.75, 3.05) is 7.05 Å². The Balaban J connectivity index is 0.000000491. The second-order valence-electron chi connectivity index (χ2n) is 3.99. The predicted octanol–water partition coefficient (Wildman–Crippen LogP) is 2.36. The van der Waals surface area contributed by atoms with Crippen LogP contribution in [0.1, 0.15) is 18.1 Å². The monoisotopic (exact) mass is 303 g/mol. The fourth-order valence-electron chi connectivity index (χ4n) is 1.39. The molecule has 0 radical (unpaired) electrons. The molecule has 0 spiro atoms. The summed E-state index contributed by atoms with van der Waals surface area (Å²) in [5.41, 5.74) is 2.87. The van der Waals surface area contributed by atoms with Crippen molar-refractivity contribution in [1.29, 1.82) is 0 Å². The lowest BCUT2D eigenvalue weighted by Gasteiger charge is -2.07. The third-order valence-electron chi connectivity index (χ3n) is 2.28. The summed E-state index contributed by atoms with van der Waals surface area (Å²) in [5.74, 6) is 0. The van der Waals surface area contributed by atoms with Gasteiger partial charge in [-0.2, -0.15) is 0 Å². The van der Waals surface area contributed by atoms with Gasteiger partial charge in [0.25, 0.3) is 0 Å². The summed E-state index contributed by atoms with van der Waals surface area (Å²) in [5, 5.41) is 5.40. The number of rotatable bonds is 4. The lowest BCUT2D eigenvalue weighted by molar-refractivity contribution is -0.109. The topological polar surface area (TPSA) is 67.2 Å². The Morgan fingerprint density at radius 2 is 2.19 bits per heavy atom. The Kier molecular flexibility index (Phi) is 7.45. The van der Waals surface area contributed by atoms with Crippen molar-refractivity contribution < 1.29 is 9.21 Å². The number of aromatic nitrogens is 1. The Hall–Kier alpha value is -2.47. The van der Waals surface area contributed by atoms with Crippen molar-refractivity contribution in [1.82, 2.24) is 15.6 Å². The van der Waals surface area contributed by atoms with E-state index in [1.54, 1.807) is 32.0 Å². The molecular formula is C15H17N3O2S.